The summed E-state index contributed by atoms with van der Waals surface area (Å²) in [5, 5.41) is 7.84. The molecule has 0 bridgehead atoms. The van der Waals surface area contributed by atoms with Crippen LogP contribution in [0.1, 0.15) is 58.8 Å². The molecule has 1 aliphatic carbocycles. The quantitative estimate of drug-likeness (QED) is 0.465. The second kappa shape index (κ2) is 11.1. The van der Waals surface area contributed by atoms with Gasteiger partial charge in [0.25, 0.3) is 0 Å². The highest BCUT2D eigenvalue weighted by atomic mass is 32.2. The topological polar surface area (TPSA) is 100 Å². The van der Waals surface area contributed by atoms with E-state index >= 15 is 0 Å². The predicted molar refractivity (Wildman–Crippen MR) is 117 cm³/mol. The van der Waals surface area contributed by atoms with Crippen LogP contribution in [0.15, 0.2) is 5.10 Å². The molecule has 3 fully saturated rings. The minimum Gasteiger partial charge on any atom is -0.381 e. The molecule has 0 aromatic rings. The average Bonchev–Trinajstić information content (AvgIpc) is 3.15. The summed E-state index contributed by atoms with van der Waals surface area (Å²) < 4.78 is 5.41. The molecule has 0 aromatic carbocycles. The normalized spacial score (nSPS) is 25.9. The number of nitrogens with one attached hydrogen (secondary N) is 2. The Labute approximate surface area is 182 Å². The lowest BCUT2D eigenvalue weighted by atomic mass is 9.85. The fourth-order valence-electron chi connectivity index (χ4n) is 4.48. The molecule has 3 rings (SSSR count). The van der Waals surface area contributed by atoms with Gasteiger partial charge in [0.1, 0.15) is 6.04 Å². The lowest BCUT2D eigenvalue weighted by Crippen LogP contribution is -2.53. The number of thioether (sulfide) groups is 1. The lowest BCUT2D eigenvalue weighted by Gasteiger charge is -2.31. The third-order valence-electron chi connectivity index (χ3n) is 6.34. The second-order valence-electron chi connectivity index (χ2n) is 8.42. The number of nitrogens with zero attached hydrogens (tertiary/aromatic N) is 2. The number of hydrogen-bond donors (Lipinski definition) is 2. The van der Waals surface area contributed by atoms with Crippen LogP contribution in [0.2, 0.25) is 0 Å². The number of rotatable bonds is 7. The average molecular weight is 439 g/mol. The number of amidine groups is 1. The molecule has 2 saturated heterocycles. The maximum absolute atomic E-state index is 13.0. The predicted octanol–water partition coefficient (Wildman–Crippen LogP) is 1.89. The zero-order valence-corrected chi connectivity index (χ0v) is 18.8. The Kier molecular flexibility index (Phi) is 8.56. The number of hydrogen-bond acceptors (Lipinski definition) is 6. The number of ether oxygens (including phenoxy) is 1. The number of Topliss-reactive ketones (excluding diaryl/α,β-unsaturated/α-hetero) is 1. The van der Waals surface area contributed by atoms with E-state index in [0.717, 1.165) is 49.6 Å². The van der Waals surface area contributed by atoms with Gasteiger partial charge in [-0.15, -0.1) is 5.10 Å². The van der Waals surface area contributed by atoms with Crippen LogP contribution >= 0.6 is 11.8 Å². The number of carbonyl (C=O) groups excluding carboxylic acids is 3. The molecule has 2 atom stereocenters. The van der Waals surface area contributed by atoms with Crippen LogP contribution in [0, 0.1) is 11.8 Å². The second-order valence-corrected chi connectivity index (χ2v) is 9.40. The zero-order valence-electron chi connectivity index (χ0n) is 18.0. The van der Waals surface area contributed by atoms with Crippen molar-refractivity contribution in [3.05, 3.63) is 0 Å². The van der Waals surface area contributed by atoms with Crippen LogP contribution < -0.4 is 10.7 Å². The van der Waals surface area contributed by atoms with Crippen molar-refractivity contribution in [3.63, 3.8) is 0 Å². The molecule has 9 heteroatoms. The number of carbonyl (C=O) groups is 3. The van der Waals surface area contributed by atoms with Crippen LogP contribution in [0.4, 0.5) is 0 Å². The third-order valence-corrected chi connectivity index (χ3v) is 7.58. The van der Waals surface area contributed by atoms with Crippen molar-refractivity contribution in [1.29, 1.82) is 0 Å². The molecule has 30 heavy (non-hydrogen) atoms. The van der Waals surface area contributed by atoms with E-state index < -0.39 is 17.7 Å². The van der Waals surface area contributed by atoms with Crippen molar-refractivity contribution < 1.29 is 19.1 Å². The third kappa shape index (κ3) is 5.75. The first-order chi connectivity index (χ1) is 14.5. The van der Waals surface area contributed by atoms with Gasteiger partial charge in [-0.05, 0) is 45.4 Å². The van der Waals surface area contributed by atoms with Gasteiger partial charge in [-0.3, -0.25) is 14.4 Å². The Morgan fingerprint density at radius 1 is 1.17 bits per heavy atom. The molecule has 2 aliphatic heterocycles. The minimum absolute atomic E-state index is 0.0633. The summed E-state index contributed by atoms with van der Waals surface area (Å²) in [7, 11) is 0. The highest BCUT2D eigenvalue weighted by molar-refractivity contribution is 8.14. The van der Waals surface area contributed by atoms with Crippen molar-refractivity contribution in [1.82, 2.24) is 15.6 Å². The van der Waals surface area contributed by atoms with E-state index in [-0.39, 0.29) is 17.7 Å². The van der Waals surface area contributed by atoms with Gasteiger partial charge in [-0.1, -0.05) is 31.0 Å². The Balaban J connectivity index is 1.66. The fraction of sp³-hybridized carbons (Fsp3) is 0.810. The van der Waals surface area contributed by atoms with Crippen molar-refractivity contribution in [2.75, 3.05) is 25.5 Å². The van der Waals surface area contributed by atoms with Gasteiger partial charge in [-0.25, -0.2) is 5.43 Å². The molecule has 8 nitrogen and oxygen atoms in total. The van der Waals surface area contributed by atoms with Gasteiger partial charge >= 0.3 is 5.91 Å². The first-order valence-electron chi connectivity index (χ1n) is 11.2. The Hall–Kier alpha value is -1.61. The molecular weight excluding hydrogens is 404 g/mol. The smallest absolute Gasteiger partial charge is 0.309 e. The van der Waals surface area contributed by atoms with Gasteiger partial charge in [0.05, 0.1) is 0 Å². The van der Waals surface area contributed by atoms with E-state index in [1.165, 1.54) is 0 Å². The highest BCUT2D eigenvalue weighted by Crippen LogP contribution is 2.26. The zero-order chi connectivity index (χ0) is 21.5. The summed E-state index contributed by atoms with van der Waals surface area (Å²) in [5.41, 5.74) is 2.44. The summed E-state index contributed by atoms with van der Waals surface area (Å²) in [5.74, 6) is -0.736. The SMILES string of the molecule is CCN1C(=NNC(=O)C(=O)[C@H](NC(=O)C2CCCCC2)C2CCOCC2)SC[C@H]1C. The maximum atomic E-state index is 13.0. The lowest BCUT2D eigenvalue weighted by molar-refractivity contribution is -0.142. The summed E-state index contributed by atoms with van der Waals surface area (Å²) in [6.07, 6.45) is 6.23. The first kappa shape index (κ1) is 23.1. The van der Waals surface area contributed by atoms with E-state index in [4.69, 9.17) is 4.74 Å². The standard InChI is InChI=1S/C21H34N4O4S/c1-3-25-14(2)13-30-21(25)24-23-20(28)18(26)17(15-9-11-29-12-10-15)22-19(27)16-7-5-4-6-8-16/h14-17H,3-13H2,1-2H3,(H,22,27)(H,23,28)/t14-,17-/m1/s1. The van der Waals surface area contributed by atoms with Crippen LogP contribution in [0.25, 0.3) is 0 Å². The molecular formula is C21H34N4O4S. The minimum atomic E-state index is -0.819. The largest absolute Gasteiger partial charge is 0.381 e. The van der Waals surface area contributed by atoms with Crippen LogP contribution in [-0.2, 0) is 19.1 Å². The first-order valence-corrected chi connectivity index (χ1v) is 12.2. The molecule has 0 radical (unpaired) electrons. The molecule has 1 saturated carbocycles. The van der Waals surface area contributed by atoms with E-state index in [1.54, 1.807) is 11.8 Å². The van der Waals surface area contributed by atoms with Crippen molar-refractivity contribution in [3.8, 4) is 0 Å². The summed E-state index contributed by atoms with van der Waals surface area (Å²) in [4.78, 5) is 40.6. The molecule has 2 N–H and O–H groups in total. The van der Waals surface area contributed by atoms with Gasteiger partial charge in [0.15, 0.2) is 5.17 Å². The van der Waals surface area contributed by atoms with E-state index in [0.29, 0.717) is 32.1 Å². The molecule has 0 spiro atoms. The number of hydrazone groups is 1. The molecule has 2 heterocycles. The van der Waals surface area contributed by atoms with Gasteiger partial charge in [0.2, 0.25) is 11.7 Å². The Bertz CT molecular complexity index is 659. The number of ketones is 1. The van der Waals surface area contributed by atoms with E-state index in [1.807, 2.05) is 6.92 Å². The Morgan fingerprint density at radius 3 is 2.53 bits per heavy atom. The van der Waals surface area contributed by atoms with Crippen LogP contribution in [0.3, 0.4) is 0 Å². The van der Waals surface area contributed by atoms with Crippen LogP contribution in [-0.4, -0.2) is 65.3 Å². The number of amides is 2. The Morgan fingerprint density at radius 2 is 1.87 bits per heavy atom. The molecule has 0 unspecified atom stereocenters. The van der Waals surface area contributed by atoms with Crippen LogP contribution in [0.5, 0.6) is 0 Å². The summed E-state index contributed by atoms with van der Waals surface area (Å²) >= 11 is 1.57. The van der Waals surface area contributed by atoms with Crippen molar-refractivity contribution >= 4 is 34.5 Å². The summed E-state index contributed by atoms with van der Waals surface area (Å²) in [6.45, 7) is 6.01. The van der Waals surface area contributed by atoms with E-state index in [9.17, 15) is 14.4 Å². The van der Waals surface area contributed by atoms with Gasteiger partial charge in [0, 0.05) is 37.5 Å². The monoisotopic (exact) mass is 438 g/mol. The highest BCUT2D eigenvalue weighted by Gasteiger charge is 2.36. The van der Waals surface area contributed by atoms with Gasteiger partial charge < -0.3 is 15.0 Å². The molecule has 3 aliphatic rings. The summed E-state index contributed by atoms with van der Waals surface area (Å²) in [6, 6.07) is -0.475. The van der Waals surface area contributed by atoms with E-state index in [2.05, 4.69) is 27.7 Å². The fourth-order valence-corrected chi connectivity index (χ4v) is 5.63. The molecule has 2 amide bonds. The molecule has 168 valence electrons. The van der Waals surface area contributed by atoms with Crippen molar-refractivity contribution in [2.24, 2.45) is 16.9 Å². The van der Waals surface area contributed by atoms with Gasteiger partial charge in [-0.2, -0.15) is 0 Å². The van der Waals surface area contributed by atoms with Crippen molar-refractivity contribution in [2.45, 2.75) is 70.9 Å². The molecule has 0 aromatic heterocycles. The maximum Gasteiger partial charge on any atom is 0.309 e.